The number of nitrogens with one attached hydrogen (secondary N) is 1. The Labute approximate surface area is 174 Å². The highest BCUT2D eigenvalue weighted by Gasteiger charge is 2.20. The van der Waals surface area contributed by atoms with Crippen LogP contribution in [0.2, 0.25) is 0 Å². The number of methoxy groups -OCH3 is 2. The van der Waals surface area contributed by atoms with Crippen LogP contribution >= 0.6 is 0 Å². The molecule has 2 aromatic carbocycles. The third-order valence-electron chi connectivity index (χ3n) is 4.34. The predicted molar refractivity (Wildman–Crippen MR) is 110 cm³/mol. The number of esters is 1. The first kappa shape index (κ1) is 20.9. The van der Waals surface area contributed by atoms with Crippen molar-refractivity contribution in [3.8, 4) is 17.2 Å². The van der Waals surface area contributed by atoms with Crippen LogP contribution in [0.4, 0.5) is 0 Å². The molecule has 1 N–H and O–H groups in total. The Morgan fingerprint density at radius 2 is 1.73 bits per heavy atom. The molecule has 1 heterocycles. The second-order valence-corrected chi connectivity index (χ2v) is 6.35. The molecule has 0 aliphatic carbocycles. The van der Waals surface area contributed by atoms with Gasteiger partial charge >= 0.3 is 5.97 Å². The Morgan fingerprint density at radius 3 is 2.40 bits per heavy atom. The minimum atomic E-state index is -0.730. The van der Waals surface area contributed by atoms with Crippen molar-refractivity contribution in [1.82, 2.24) is 15.1 Å². The van der Waals surface area contributed by atoms with Crippen LogP contribution in [0.25, 0.3) is 5.69 Å². The molecule has 3 rings (SSSR count). The van der Waals surface area contributed by atoms with Crippen LogP contribution in [0.15, 0.2) is 60.8 Å². The number of hydrogen-bond acceptors (Lipinski definition) is 6. The Balaban J connectivity index is 1.49. The second-order valence-electron chi connectivity index (χ2n) is 6.35. The van der Waals surface area contributed by atoms with Crippen molar-refractivity contribution in [3.05, 3.63) is 72.1 Å². The quantitative estimate of drug-likeness (QED) is 0.546. The average molecular weight is 409 g/mol. The minimum Gasteiger partial charge on any atom is -0.497 e. The fourth-order valence-corrected chi connectivity index (χ4v) is 2.75. The summed E-state index contributed by atoms with van der Waals surface area (Å²) in [7, 11) is 3.05. The van der Waals surface area contributed by atoms with Gasteiger partial charge in [0.15, 0.2) is 12.4 Å². The zero-order valence-corrected chi connectivity index (χ0v) is 16.8. The molecule has 0 unspecified atom stereocenters. The maximum absolute atomic E-state index is 12.4. The fourth-order valence-electron chi connectivity index (χ4n) is 2.75. The van der Waals surface area contributed by atoms with Gasteiger partial charge in [0.25, 0.3) is 5.91 Å². The molecule has 1 amide bonds. The number of nitrogens with zero attached hydrogens (tertiary/aromatic N) is 2. The molecule has 0 radical (unpaired) electrons. The highest BCUT2D eigenvalue weighted by atomic mass is 16.5. The number of carbonyl (C=O) groups is 2. The van der Waals surface area contributed by atoms with Gasteiger partial charge in [-0.25, -0.2) is 9.48 Å². The lowest BCUT2D eigenvalue weighted by Crippen LogP contribution is -2.30. The second kappa shape index (κ2) is 10.1. The van der Waals surface area contributed by atoms with E-state index < -0.39 is 18.5 Å². The predicted octanol–water partition coefficient (Wildman–Crippen LogP) is 2.41. The largest absolute Gasteiger partial charge is 0.497 e. The van der Waals surface area contributed by atoms with Crippen LogP contribution in [0.3, 0.4) is 0 Å². The minimum absolute atomic E-state index is 0.00684. The van der Waals surface area contributed by atoms with Gasteiger partial charge in [-0.3, -0.25) is 4.79 Å². The van der Waals surface area contributed by atoms with E-state index >= 15 is 0 Å². The summed E-state index contributed by atoms with van der Waals surface area (Å²) in [5.41, 5.74) is 1.84. The van der Waals surface area contributed by atoms with E-state index in [4.69, 9.17) is 14.2 Å². The first-order valence-corrected chi connectivity index (χ1v) is 9.36. The molecule has 156 valence electrons. The van der Waals surface area contributed by atoms with Gasteiger partial charge in [-0.2, -0.15) is 5.10 Å². The van der Waals surface area contributed by atoms with Crippen molar-refractivity contribution in [2.45, 2.75) is 6.42 Å². The summed E-state index contributed by atoms with van der Waals surface area (Å²) in [6, 6.07) is 16.9. The Morgan fingerprint density at radius 1 is 1.00 bits per heavy atom. The van der Waals surface area contributed by atoms with Crippen molar-refractivity contribution in [1.29, 1.82) is 0 Å². The summed E-state index contributed by atoms with van der Waals surface area (Å²) in [4.78, 5) is 24.3. The zero-order chi connectivity index (χ0) is 21.3. The van der Waals surface area contributed by atoms with Gasteiger partial charge in [-0.05, 0) is 36.2 Å². The van der Waals surface area contributed by atoms with Crippen LogP contribution in [0.1, 0.15) is 16.1 Å². The maximum atomic E-state index is 12.4. The van der Waals surface area contributed by atoms with Crippen LogP contribution < -0.4 is 14.8 Å². The molecule has 0 fully saturated rings. The molecular weight excluding hydrogens is 386 g/mol. The number of ether oxygens (including phenoxy) is 3. The summed E-state index contributed by atoms with van der Waals surface area (Å²) in [6.07, 6.45) is 2.24. The Kier molecular flexibility index (Phi) is 7.05. The van der Waals surface area contributed by atoms with E-state index in [0.717, 1.165) is 17.0 Å². The molecule has 8 nitrogen and oxygen atoms in total. The third-order valence-corrected chi connectivity index (χ3v) is 4.34. The number of hydrogen-bond donors (Lipinski definition) is 1. The molecule has 0 saturated carbocycles. The summed E-state index contributed by atoms with van der Waals surface area (Å²) >= 11 is 0. The summed E-state index contributed by atoms with van der Waals surface area (Å²) < 4.78 is 16.9. The number of benzene rings is 2. The molecule has 0 spiro atoms. The van der Waals surface area contributed by atoms with Gasteiger partial charge in [0.2, 0.25) is 5.69 Å². The van der Waals surface area contributed by atoms with Gasteiger partial charge in [0, 0.05) is 6.54 Å². The van der Waals surface area contributed by atoms with Crippen LogP contribution in [-0.4, -0.2) is 49.0 Å². The molecule has 1 aromatic heterocycles. The van der Waals surface area contributed by atoms with Crippen LogP contribution in [0, 0.1) is 0 Å². The van der Waals surface area contributed by atoms with E-state index in [9.17, 15) is 9.59 Å². The fraction of sp³-hybridized carbons (Fsp3) is 0.227. The average Bonchev–Trinajstić information content (AvgIpc) is 3.23. The topological polar surface area (TPSA) is 91.7 Å². The van der Waals surface area contributed by atoms with Crippen molar-refractivity contribution < 1.29 is 23.8 Å². The van der Waals surface area contributed by atoms with Gasteiger partial charge in [-0.1, -0.05) is 30.3 Å². The smallest absolute Gasteiger partial charge is 0.363 e. The number of carbonyl (C=O) groups excluding carboxylic acids is 2. The highest BCUT2D eigenvalue weighted by Crippen LogP contribution is 2.20. The molecule has 0 atom stereocenters. The number of rotatable bonds is 9. The number of aromatic nitrogens is 2. The third kappa shape index (κ3) is 5.38. The van der Waals surface area contributed by atoms with Gasteiger partial charge in [0.1, 0.15) is 5.75 Å². The Hall–Kier alpha value is -3.81. The van der Waals surface area contributed by atoms with Crippen LogP contribution in [-0.2, 0) is 16.0 Å². The summed E-state index contributed by atoms with van der Waals surface area (Å²) in [5.74, 6) is -0.0752. The molecule has 30 heavy (non-hydrogen) atoms. The van der Waals surface area contributed by atoms with Gasteiger partial charge in [0.05, 0.1) is 26.1 Å². The van der Waals surface area contributed by atoms with Gasteiger partial charge < -0.3 is 19.5 Å². The lowest BCUT2D eigenvalue weighted by Gasteiger charge is -2.07. The van der Waals surface area contributed by atoms with E-state index in [1.54, 1.807) is 13.3 Å². The van der Waals surface area contributed by atoms with Crippen molar-refractivity contribution in [3.63, 3.8) is 0 Å². The van der Waals surface area contributed by atoms with E-state index in [1.807, 2.05) is 54.6 Å². The van der Waals surface area contributed by atoms with Crippen LogP contribution in [0.5, 0.6) is 11.5 Å². The molecular formula is C22H23N3O5. The molecule has 3 aromatic rings. The molecule has 8 heteroatoms. The normalized spacial score (nSPS) is 10.3. The van der Waals surface area contributed by atoms with E-state index in [2.05, 4.69) is 10.4 Å². The van der Waals surface area contributed by atoms with E-state index in [1.165, 1.54) is 11.8 Å². The van der Waals surface area contributed by atoms with Crippen molar-refractivity contribution >= 4 is 11.9 Å². The number of para-hydroxylation sites is 1. The van der Waals surface area contributed by atoms with E-state index in [-0.39, 0.29) is 11.4 Å². The lowest BCUT2D eigenvalue weighted by molar-refractivity contribution is -0.124. The van der Waals surface area contributed by atoms with Crippen molar-refractivity contribution in [2.75, 3.05) is 27.4 Å². The Bertz CT molecular complexity index is 984. The molecule has 0 aliphatic heterocycles. The zero-order valence-electron chi connectivity index (χ0n) is 16.8. The molecule has 0 saturated heterocycles. The van der Waals surface area contributed by atoms with Crippen molar-refractivity contribution in [2.24, 2.45) is 0 Å². The lowest BCUT2D eigenvalue weighted by atomic mass is 10.1. The first-order valence-electron chi connectivity index (χ1n) is 9.36. The monoisotopic (exact) mass is 409 g/mol. The standard InChI is InChI=1S/C22H23N3O5/c1-28-18-10-8-16(9-11-18)12-13-23-20(26)15-30-22(27)21-19(29-2)14-25(24-21)17-6-4-3-5-7-17/h3-11,14H,12-13,15H2,1-2H3,(H,23,26). The molecule has 0 bridgehead atoms. The SMILES string of the molecule is COc1ccc(CCNC(=O)COC(=O)c2nn(-c3ccccc3)cc2OC)cc1. The highest BCUT2D eigenvalue weighted by molar-refractivity contribution is 5.92. The first-order chi connectivity index (χ1) is 14.6. The van der Waals surface area contributed by atoms with E-state index in [0.29, 0.717) is 13.0 Å². The summed E-state index contributed by atoms with van der Waals surface area (Å²) in [6.45, 7) is 0.0253. The molecule has 0 aliphatic rings. The summed E-state index contributed by atoms with van der Waals surface area (Å²) in [5, 5.41) is 6.94. The number of amides is 1. The van der Waals surface area contributed by atoms with Gasteiger partial charge in [-0.15, -0.1) is 0 Å². The maximum Gasteiger partial charge on any atom is 0.363 e.